The lowest BCUT2D eigenvalue weighted by Gasteiger charge is -2.50. The molecule has 2 amide bonds. The third-order valence-electron chi connectivity index (χ3n) is 6.60. The van der Waals surface area contributed by atoms with Crippen molar-refractivity contribution in [3.8, 4) is 11.5 Å². The van der Waals surface area contributed by atoms with Crippen molar-refractivity contribution < 1.29 is 19.1 Å². The lowest BCUT2D eigenvalue weighted by molar-refractivity contribution is -0.163. The van der Waals surface area contributed by atoms with Crippen LogP contribution in [0.4, 0.5) is 0 Å². The Morgan fingerprint density at radius 2 is 1.88 bits per heavy atom. The molecule has 3 aromatic rings. The Bertz CT molecular complexity index is 1290. The van der Waals surface area contributed by atoms with Gasteiger partial charge in [-0.1, -0.05) is 24.3 Å². The second-order valence-electron chi connectivity index (χ2n) is 8.79. The normalized spacial score (nSPS) is 19.7. The van der Waals surface area contributed by atoms with Gasteiger partial charge in [0, 0.05) is 28.6 Å². The zero-order valence-electron chi connectivity index (χ0n) is 19.1. The van der Waals surface area contributed by atoms with Crippen molar-refractivity contribution in [2.75, 3.05) is 20.8 Å². The van der Waals surface area contributed by atoms with Crippen molar-refractivity contribution >= 4 is 28.9 Å². The van der Waals surface area contributed by atoms with Crippen LogP contribution in [0.25, 0.3) is 10.9 Å². The molecule has 8 heteroatoms. The maximum atomic E-state index is 13.5. The molecule has 0 spiro atoms. The molecule has 1 aromatic heterocycles. The van der Waals surface area contributed by atoms with Crippen molar-refractivity contribution in [3.63, 3.8) is 0 Å². The molecule has 2 aliphatic rings. The topological polar surface area (TPSA) is 87.2 Å². The number of H-pyrrole nitrogens is 1. The Hall–Kier alpha value is -3.81. The number of nitrogens with zero attached hydrogens (tertiary/aromatic N) is 3. The molecule has 1 atom stereocenters. The van der Waals surface area contributed by atoms with Gasteiger partial charge in [0.25, 0.3) is 5.91 Å². The number of aromatic amines is 1. The largest absolute Gasteiger partial charge is 0.493 e. The van der Waals surface area contributed by atoms with E-state index in [1.165, 1.54) is 11.2 Å². The van der Waals surface area contributed by atoms with E-state index in [0.717, 1.165) is 22.2 Å². The third-order valence-corrected chi connectivity index (χ3v) is 6.60. The smallest absolute Gasteiger partial charge is 0.266 e. The van der Waals surface area contributed by atoms with Gasteiger partial charge in [-0.05, 0) is 37.6 Å². The molecule has 170 valence electrons. The molecule has 1 saturated heterocycles. The number of nitrogens with one attached hydrogen (secondary N) is 1. The van der Waals surface area contributed by atoms with Gasteiger partial charge in [0.1, 0.15) is 12.6 Å². The monoisotopic (exact) mass is 446 g/mol. The van der Waals surface area contributed by atoms with Gasteiger partial charge in [-0.2, -0.15) is 5.10 Å². The number of piperazine rings is 1. The van der Waals surface area contributed by atoms with Gasteiger partial charge in [-0.25, -0.2) is 5.01 Å². The number of para-hydroxylation sites is 2. The van der Waals surface area contributed by atoms with Crippen molar-refractivity contribution in [3.05, 3.63) is 59.3 Å². The number of carbonyl (C=O) groups excluding carboxylic acids is 2. The summed E-state index contributed by atoms with van der Waals surface area (Å²) in [5, 5.41) is 6.73. The highest BCUT2D eigenvalue weighted by molar-refractivity contribution is 5.98. The molecule has 0 bridgehead atoms. The van der Waals surface area contributed by atoms with E-state index in [4.69, 9.17) is 9.47 Å². The summed E-state index contributed by atoms with van der Waals surface area (Å²) in [5.74, 6) is 0.748. The minimum absolute atomic E-state index is 0.114. The van der Waals surface area contributed by atoms with E-state index in [1.807, 2.05) is 44.2 Å². The van der Waals surface area contributed by atoms with Gasteiger partial charge in [-0.3, -0.25) is 9.59 Å². The molecule has 33 heavy (non-hydrogen) atoms. The number of hydrogen-bond acceptors (Lipinski definition) is 5. The van der Waals surface area contributed by atoms with E-state index in [2.05, 4.69) is 16.2 Å². The number of fused-ring (bicyclic) bond motifs is 4. The summed E-state index contributed by atoms with van der Waals surface area (Å²) in [6, 6.07) is 12.8. The summed E-state index contributed by atoms with van der Waals surface area (Å²) in [4.78, 5) is 32.0. The molecule has 1 N–H and O–H groups in total. The summed E-state index contributed by atoms with van der Waals surface area (Å²) < 4.78 is 10.8. The molecule has 0 unspecified atom stereocenters. The molecule has 5 rings (SSSR count). The molecule has 2 aromatic carbocycles. The van der Waals surface area contributed by atoms with Crippen LogP contribution in [0, 0.1) is 0 Å². The zero-order chi connectivity index (χ0) is 23.3. The fraction of sp³-hybridized carbons (Fsp3) is 0.320. The summed E-state index contributed by atoms with van der Waals surface area (Å²) >= 11 is 0. The minimum atomic E-state index is -0.643. The first-order valence-electron chi connectivity index (χ1n) is 10.9. The Morgan fingerprint density at radius 3 is 2.64 bits per heavy atom. The fourth-order valence-electron chi connectivity index (χ4n) is 5.11. The zero-order valence-corrected chi connectivity index (χ0v) is 19.1. The number of hydrogen-bond donors (Lipinski definition) is 1. The Morgan fingerprint density at radius 1 is 1.09 bits per heavy atom. The predicted molar refractivity (Wildman–Crippen MR) is 125 cm³/mol. The lowest BCUT2D eigenvalue weighted by atomic mass is 9.82. The van der Waals surface area contributed by atoms with Crippen molar-refractivity contribution in [1.29, 1.82) is 0 Å². The second-order valence-corrected chi connectivity index (χ2v) is 8.79. The maximum Gasteiger partial charge on any atom is 0.266 e. The van der Waals surface area contributed by atoms with E-state index >= 15 is 0 Å². The van der Waals surface area contributed by atoms with E-state index in [9.17, 15) is 9.59 Å². The van der Waals surface area contributed by atoms with E-state index in [1.54, 1.807) is 25.2 Å². The van der Waals surface area contributed by atoms with Gasteiger partial charge in [0.05, 0.1) is 26.0 Å². The predicted octanol–water partition coefficient (Wildman–Crippen LogP) is 3.05. The fourth-order valence-corrected chi connectivity index (χ4v) is 5.11. The van der Waals surface area contributed by atoms with Gasteiger partial charge in [-0.15, -0.1) is 0 Å². The molecular formula is C25H26N4O4. The molecule has 0 aliphatic carbocycles. The number of ether oxygens (including phenoxy) is 2. The first-order chi connectivity index (χ1) is 15.9. The highest BCUT2D eigenvalue weighted by atomic mass is 16.5. The molecule has 3 heterocycles. The average molecular weight is 447 g/mol. The van der Waals surface area contributed by atoms with Crippen LogP contribution in [0.5, 0.6) is 11.5 Å². The SMILES string of the molecule is COc1cccc(/C=N/N2CC(=O)N3[C@@H](Cc4c([nH]c5ccccc45)C3(C)C)C2=O)c1OC. The number of benzene rings is 2. The van der Waals surface area contributed by atoms with E-state index in [-0.39, 0.29) is 18.4 Å². The van der Waals surface area contributed by atoms with Crippen LogP contribution in [0.15, 0.2) is 47.6 Å². The highest BCUT2D eigenvalue weighted by Crippen LogP contribution is 2.42. The number of rotatable bonds is 4. The summed E-state index contributed by atoms with van der Waals surface area (Å²) in [5.41, 5.74) is 3.09. The van der Waals surface area contributed by atoms with Gasteiger partial charge in [0.15, 0.2) is 11.5 Å². The van der Waals surface area contributed by atoms with Crippen LogP contribution < -0.4 is 9.47 Å². The number of carbonyl (C=O) groups is 2. The summed E-state index contributed by atoms with van der Waals surface area (Å²) in [6.45, 7) is 3.86. The number of methoxy groups -OCH3 is 2. The number of aromatic nitrogens is 1. The second kappa shape index (κ2) is 7.65. The first kappa shape index (κ1) is 21.1. The van der Waals surface area contributed by atoms with Crippen LogP contribution >= 0.6 is 0 Å². The Labute approximate surface area is 191 Å². The summed E-state index contributed by atoms with van der Waals surface area (Å²) in [6.07, 6.45) is 1.98. The molecule has 1 fully saturated rings. The minimum Gasteiger partial charge on any atom is -0.493 e. The maximum absolute atomic E-state index is 13.5. The highest BCUT2D eigenvalue weighted by Gasteiger charge is 2.51. The molecule has 0 radical (unpaired) electrons. The van der Waals surface area contributed by atoms with Crippen LogP contribution in [-0.4, -0.2) is 59.7 Å². The van der Waals surface area contributed by atoms with Crippen molar-refractivity contribution in [1.82, 2.24) is 14.9 Å². The van der Waals surface area contributed by atoms with Crippen molar-refractivity contribution in [2.45, 2.75) is 31.8 Å². The lowest BCUT2D eigenvalue weighted by Crippen LogP contribution is -2.66. The van der Waals surface area contributed by atoms with Crippen LogP contribution in [-0.2, 0) is 21.5 Å². The average Bonchev–Trinajstić information content (AvgIpc) is 3.19. The first-order valence-corrected chi connectivity index (χ1v) is 10.9. The van der Waals surface area contributed by atoms with Crippen molar-refractivity contribution in [2.24, 2.45) is 5.10 Å². The Balaban J connectivity index is 1.50. The Kier molecular flexibility index (Phi) is 4.88. The van der Waals surface area contributed by atoms with Crippen LogP contribution in [0.2, 0.25) is 0 Å². The van der Waals surface area contributed by atoms with Gasteiger partial charge >= 0.3 is 0 Å². The van der Waals surface area contributed by atoms with Crippen LogP contribution in [0.1, 0.15) is 30.7 Å². The number of amides is 2. The quantitative estimate of drug-likeness (QED) is 0.624. The number of hydrazone groups is 1. The van der Waals surface area contributed by atoms with Gasteiger partial charge < -0.3 is 19.4 Å². The van der Waals surface area contributed by atoms with E-state index < -0.39 is 11.6 Å². The van der Waals surface area contributed by atoms with Gasteiger partial charge in [0.2, 0.25) is 5.91 Å². The molecule has 0 saturated carbocycles. The molecular weight excluding hydrogens is 420 g/mol. The third kappa shape index (κ3) is 3.16. The van der Waals surface area contributed by atoms with E-state index in [0.29, 0.717) is 23.5 Å². The molecule has 8 nitrogen and oxygen atoms in total. The summed E-state index contributed by atoms with van der Waals surface area (Å²) in [7, 11) is 3.11. The standard InChI is InChI=1S/C25H26N4O4/c1-25(2)23-17(16-9-5-6-10-18(16)27-23)12-19-24(31)28(14-21(30)29(19)25)26-13-15-8-7-11-20(32-3)22(15)33-4/h5-11,13,19,27H,12,14H2,1-4H3/b26-13+/t19-/m0/s1. The molecule has 2 aliphatic heterocycles. The van der Waals surface area contributed by atoms with Crippen LogP contribution in [0.3, 0.4) is 0 Å².